The molecule has 0 radical (unpaired) electrons. The van der Waals surface area contributed by atoms with E-state index in [1.54, 1.807) is 25.1 Å². The molecule has 0 fully saturated rings. The Bertz CT molecular complexity index is 839. The van der Waals surface area contributed by atoms with E-state index >= 15 is 0 Å². The standard InChI is InChI=1S/C21H24O5/c1-12-10-14(3)17(11-13(12)2)19(22)15(4)26-21(23)16-8-7-9-18(24-5)20(16)25-6/h7-11,15H,1-6H3/t15-/m1/s1. The van der Waals surface area contributed by atoms with Crippen LogP contribution in [0.3, 0.4) is 0 Å². The largest absolute Gasteiger partial charge is 0.493 e. The lowest BCUT2D eigenvalue weighted by molar-refractivity contribution is 0.0315. The van der Waals surface area contributed by atoms with Gasteiger partial charge in [0.05, 0.1) is 14.2 Å². The van der Waals surface area contributed by atoms with E-state index in [0.717, 1.165) is 16.7 Å². The van der Waals surface area contributed by atoms with Crippen molar-refractivity contribution in [3.63, 3.8) is 0 Å². The molecule has 0 saturated carbocycles. The molecule has 26 heavy (non-hydrogen) atoms. The molecule has 0 amide bonds. The van der Waals surface area contributed by atoms with Gasteiger partial charge in [-0.05, 0) is 62.6 Å². The summed E-state index contributed by atoms with van der Waals surface area (Å²) in [6.07, 6.45) is -0.917. The molecule has 0 saturated heterocycles. The number of methoxy groups -OCH3 is 2. The highest BCUT2D eigenvalue weighted by atomic mass is 16.6. The number of hydrogen-bond donors (Lipinski definition) is 0. The van der Waals surface area contributed by atoms with Gasteiger partial charge in [-0.3, -0.25) is 4.79 Å². The molecule has 0 N–H and O–H groups in total. The van der Waals surface area contributed by atoms with Crippen LogP contribution in [0.2, 0.25) is 0 Å². The predicted octanol–water partition coefficient (Wildman–Crippen LogP) is 4.06. The van der Waals surface area contributed by atoms with Gasteiger partial charge in [0, 0.05) is 5.56 Å². The van der Waals surface area contributed by atoms with Crippen molar-refractivity contribution in [3.05, 3.63) is 58.1 Å². The highest BCUT2D eigenvalue weighted by molar-refractivity contribution is 6.03. The number of benzene rings is 2. The van der Waals surface area contributed by atoms with Crippen molar-refractivity contribution >= 4 is 11.8 Å². The number of carbonyl (C=O) groups is 2. The van der Waals surface area contributed by atoms with Crippen molar-refractivity contribution in [2.24, 2.45) is 0 Å². The van der Waals surface area contributed by atoms with Crippen molar-refractivity contribution < 1.29 is 23.8 Å². The Morgan fingerprint density at radius 2 is 1.54 bits per heavy atom. The zero-order chi connectivity index (χ0) is 19.4. The molecule has 0 bridgehead atoms. The quantitative estimate of drug-likeness (QED) is 0.577. The third-order valence-corrected chi connectivity index (χ3v) is 4.38. The molecule has 0 spiro atoms. The first-order chi connectivity index (χ1) is 12.3. The monoisotopic (exact) mass is 356 g/mol. The first kappa shape index (κ1) is 19.5. The fraction of sp³-hybridized carbons (Fsp3) is 0.333. The predicted molar refractivity (Wildman–Crippen MR) is 99.4 cm³/mol. The van der Waals surface area contributed by atoms with E-state index in [2.05, 4.69) is 0 Å². The van der Waals surface area contributed by atoms with Crippen LogP contribution < -0.4 is 9.47 Å². The van der Waals surface area contributed by atoms with Crippen molar-refractivity contribution in [1.82, 2.24) is 0 Å². The van der Waals surface area contributed by atoms with Gasteiger partial charge in [0.2, 0.25) is 5.78 Å². The number of hydrogen-bond acceptors (Lipinski definition) is 5. The zero-order valence-corrected chi connectivity index (χ0v) is 16.0. The minimum atomic E-state index is -0.917. The zero-order valence-electron chi connectivity index (χ0n) is 16.0. The first-order valence-electron chi connectivity index (χ1n) is 8.34. The van der Waals surface area contributed by atoms with Gasteiger partial charge < -0.3 is 14.2 Å². The summed E-state index contributed by atoms with van der Waals surface area (Å²) in [5.74, 6) is -0.170. The summed E-state index contributed by atoms with van der Waals surface area (Å²) in [7, 11) is 2.93. The van der Waals surface area contributed by atoms with E-state index in [-0.39, 0.29) is 17.1 Å². The summed E-state index contributed by atoms with van der Waals surface area (Å²) in [6, 6.07) is 8.72. The van der Waals surface area contributed by atoms with Gasteiger partial charge in [-0.15, -0.1) is 0 Å². The number of ether oxygens (including phenoxy) is 3. The number of aryl methyl sites for hydroxylation is 3. The summed E-state index contributed by atoms with van der Waals surface area (Å²) in [5.41, 5.74) is 3.77. The molecule has 0 aliphatic heterocycles. The van der Waals surface area contributed by atoms with Gasteiger partial charge in [-0.25, -0.2) is 4.79 Å². The molecule has 0 unspecified atom stereocenters. The summed E-state index contributed by atoms with van der Waals surface area (Å²) < 4.78 is 15.8. The molecular formula is C21H24O5. The molecule has 0 heterocycles. The van der Waals surface area contributed by atoms with Gasteiger partial charge in [-0.1, -0.05) is 12.1 Å². The molecule has 2 aromatic carbocycles. The van der Waals surface area contributed by atoms with Crippen LogP contribution in [0.4, 0.5) is 0 Å². The molecule has 1 atom stereocenters. The Morgan fingerprint density at radius 1 is 0.885 bits per heavy atom. The van der Waals surface area contributed by atoms with Gasteiger partial charge in [0.25, 0.3) is 0 Å². The minimum absolute atomic E-state index is 0.211. The van der Waals surface area contributed by atoms with E-state index < -0.39 is 12.1 Å². The first-order valence-corrected chi connectivity index (χ1v) is 8.34. The summed E-state index contributed by atoms with van der Waals surface area (Å²) in [6.45, 7) is 7.39. The van der Waals surface area contributed by atoms with E-state index in [0.29, 0.717) is 11.3 Å². The Morgan fingerprint density at radius 3 is 2.15 bits per heavy atom. The van der Waals surface area contributed by atoms with Crippen LogP contribution in [0.15, 0.2) is 30.3 Å². The number of Topliss-reactive ketones (excluding diaryl/α,β-unsaturated/α-hetero) is 1. The SMILES string of the molecule is COc1cccc(C(=O)O[C@H](C)C(=O)c2cc(C)c(C)cc2C)c1OC. The Hall–Kier alpha value is -2.82. The van der Waals surface area contributed by atoms with E-state index in [1.807, 2.05) is 32.9 Å². The molecule has 138 valence electrons. The summed E-state index contributed by atoms with van der Waals surface area (Å²) in [5, 5.41) is 0. The number of rotatable bonds is 6. The summed E-state index contributed by atoms with van der Waals surface area (Å²) >= 11 is 0. The maximum atomic E-state index is 12.7. The summed E-state index contributed by atoms with van der Waals surface area (Å²) in [4.78, 5) is 25.3. The number of esters is 1. The molecule has 0 aliphatic rings. The Balaban J connectivity index is 2.25. The lowest BCUT2D eigenvalue weighted by atomic mass is 9.96. The molecule has 2 aromatic rings. The molecule has 5 nitrogen and oxygen atoms in total. The molecule has 0 aliphatic carbocycles. The van der Waals surface area contributed by atoms with Crippen molar-refractivity contribution in [2.75, 3.05) is 14.2 Å². The smallest absolute Gasteiger partial charge is 0.342 e. The van der Waals surface area contributed by atoms with Crippen LogP contribution in [0.1, 0.15) is 44.3 Å². The maximum Gasteiger partial charge on any atom is 0.342 e. The minimum Gasteiger partial charge on any atom is -0.493 e. The second-order valence-corrected chi connectivity index (χ2v) is 6.20. The van der Waals surface area contributed by atoms with Crippen LogP contribution >= 0.6 is 0 Å². The van der Waals surface area contributed by atoms with Gasteiger partial charge >= 0.3 is 5.97 Å². The van der Waals surface area contributed by atoms with Gasteiger partial charge in [0.15, 0.2) is 17.6 Å². The van der Waals surface area contributed by atoms with Crippen LogP contribution in [0.5, 0.6) is 11.5 Å². The lowest BCUT2D eigenvalue weighted by Crippen LogP contribution is -2.25. The van der Waals surface area contributed by atoms with Crippen molar-refractivity contribution in [3.8, 4) is 11.5 Å². The lowest BCUT2D eigenvalue weighted by Gasteiger charge is -2.17. The third kappa shape index (κ3) is 3.87. The van der Waals surface area contributed by atoms with Crippen molar-refractivity contribution in [1.29, 1.82) is 0 Å². The highest BCUT2D eigenvalue weighted by Crippen LogP contribution is 2.31. The number of carbonyl (C=O) groups excluding carboxylic acids is 2. The van der Waals surface area contributed by atoms with Crippen LogP contribution in [-0.2, 0) is 4.74 Å². The maximum absolute atomic E-state index is 12.7. The molecule has 0 aromatic heterocycles. The van der Waals surface area contributed by atoms with E-state index in [9.17, 15) is 9.59 Å². The van der Waals surface area contributed by atoms with Crippen LogP contribution in [0, 0.1) is 20.8 Å². The molecule has 2 rings (SSSR count). The normalized spacial score (nSPS) is 11.6. The fourth-order valence-electron chi connectivity index (χ4n) is 2.77. The molecular weight excluding hydrogens is 332 g/mol. The Labute approximate surface area is 153 Å². The van der Waals surface area contributed by atoms with E-state index in [1.165, 1.54) is 14.2 Å². The number of ketones is 1. The average molecular weight is 356 g/mol. The van der Waals surface area contributed by atoms with Crippen molar-refractivity contribution in [2.45, 2.75) is 33.8 Å². The fourth-order valence-corrected chi connectivity index (χ4v) is 2.77. The second-order valence-electron chi connectivity index (χ2n) is 6.20. The topological polar surface area (TPSA) is 61.8 Å². The second kappa shape index (κ2) is 8.04. The van der Waals surface area contributed by atoms with Crippen LogP contribution in [-0.4, -0.2) is 32.1 Å². The van der Waals surface area contributed by atoms with Crippen LogP contribution in [0.25, 0.3) is 0 Å². The van der Waals surface area contributed by atoms with Gasteiger partial charge in [-0.2, -0.15) is 0 Å². The number of para-hydroxylation sites is 1. The van der Waals surface area contributed by atoms with Gasteiger partial charge in [0.1, 0.15) is 5.56 Å². The molecule has 5 heteroatoms. The Kier molecular flexibility index (Phi) is 6.03. The average Bonchev–Trinajstić information content (AvgIpc) is 2.63. The van der Waals surface area contributed by atoms with E-state index in [4.69, 9.17) is 14.2 Å². The third-order valence-electron chi connectivity index (χ3n) is 4.38. The highest BCUT2D eigenvalue weighted by Gasteiger charge is 2.25.